The summed E-state index contributed by atoms with van der Waals surface area (Å²) in [7, 11) is -2.32. The van der Waals surface area contributed by atoms with Gasteiger partial charge < -0.3 is 14.3 Å². The molecule has 0 bridgehead atoms. The minimum absolute atomic E-state index is 0.569. The SMILES string of the molecule is CCCCc1cccc(OP(O)O)c1C. The van der Waals surface area contributed by atoms with Gasteiger partial charge in [-0.15, -0.1) is 0 Å². The Labute approximate surface area is 91.7 Å². The van der Waals surface area contributed by atoms with Crippen LogP contribution in [0.4, 0.5) is 0 Å². The van der Waals surface area contributed by atoms with E-state index in [1.54, 1.807) is 6.07 Å². The molecule has 2 N–H and O–H groups in total. The first-order chi connectivity index (χ1) is 7.15. The summed E-state index contributed by atoms with van der Waals surface area (Å²) >= 11 is 0. The second kappa shape index (κ2) is 6.06. The summed E-state index contributed by atoms with van der Waals surface area (Å²) in [4.78, 5) is 17.6. The molecule has 3 nitrogen and oxygen atoms in total. The van der Waals surface area contributed by atoms with Crippen molar-refractivity contribution in [1.82, 2.24) is 0 Å². The molecule has 0 aromatic heterocycles. The highest BCUT2D eigenvalue weighted by Gasteiger charge is 2.08. The number of rotatable bonds is 5. The summed E-state index contributed by atoms with van der Waals surface area (Å²) in [6.45, 7) is 4.09. The average molecular weight is 228 g/mol. The highest BCUT2D eigenvalue weighted by molar-refractivity contribution is 7.39. The van der Waals surface area contributed by atoms with Crippen molar-refractivity contribution in [1.29, 1.82) is 0 Å². The average Bonchev–Trinajstić information content (AvgIpc) is 2.19. The lowest BCUT2D eigenvalue weighted by atomic mass is 10.0. The van der Waals surface area contributed by atoms with E-state index >= 15 is 0 Å². The van der Waals surface area contributed by atoms with Crippen LogP contribution in [-0.2, 0) is 6.42 Å². The molecule has 0 spiro atoms. The molecule has 84 valence electrons. The molecule has 0 aliphatic rings. The maximum Gasteiger partial charge on any atom is 0.391 e. The first kappa shape index (κ1) is 12.4. The highest BCUT2D eigenvalue weighted by atomic mass is 31.2. The first-order valence-corrected chi connectivity index (χ1v) is 6.26. The van der Waals surface area contributed by atoms with E-state index in [1.807, 2.05) is 13.0 Å². The normalized spacial score (nSPS) is 10.7. The highest BCUT2D eigenvalue weighted by Crippen LogP contribution is 2.32. The van der Waals surface area contributed by atoms with Gasteiger partial charge in [-0.25, -0.2) is 0 Å². The van der Waals surface area contributed by atoms with Crippen LogP contribution in [-0.4, -0.2) is 9.79 Å². The summed E-state index contributed by atoms with van der Waals surface area (Å²) in [6.07, 6.45) is 3.29. The third kappa shape index (κ3) is 3.78. The van der Waals surface area contributed by atoms with Gasteiger partial charge >= 0.3 is 8.60 Å². The van der Waals surface area contributed by atoms with Gasteiger partial charge in [-0.05, 0) is 37.0 Å². The Morgan fingerprint density at radius 2 is 2.07 bits per heavy atom. The van der Waals surface area contributed by atoms with Crippen LogP contribution in [0.3, 0.4) is 0 Å². The molecule has 0 amide bonds. The number of unbranched alkanes of at least 4 members (excludes halogenated alkanes) is 1. The van der Waals surface area contributed by atoms with Crippen LogP contribution in [0.5, 0.6) is 5.75 Å². The Kier molecular flexibility index (Phi) is 5.03. The van der Waals surface area contributed by atoms with Crippen LogP contribution >= 0.6 is 8.60 Å². The van der Waals surface area contributed by atoms with Crippen LogP contribution in [0, 0.1) is 6.92 Å². The van der Waals surface area contributed by atoms with Gasteiger partial charge in [0.1, 0.15) is 5.75 Å². The molecule has 0 fully saturated rings. The summed E-state index contributed by atoms with van der Waals surface area (Å²) < 4.78 is 4.94. The number of hydrogen-bond acceptors (Lipinski definition) is 3. The zero-order valence-corrected chi connectivity index (χ0v) is 10.00. The van der Waals surface area contributed by atoms with E-state index < -0.39 is 8.60 Å². The Morgan fingerprint density at radius 1 is 1.33 bits per heavy atom. The molecule has 0 saturated heterocycles. The van der Waals surface area contributed by atoms with E-state index in [0.29, 0.717) is 5.75 Å². The Bertz CT molecular complexity index is 313. The van der Waals surface area contributed by atoms with Gasteiger partial charge in [-0.2, -0.15) is 0 Å². The van der Waals surface area contributed by atoms with Gasteiger partial charge in [-0.3, -0.25) is 0 Å². The summed E-state index contributed by atoms with van der Waals surface area (Å²) in [5.74, 6) is 0.569. The van der Waals surface area contributed by atoms with Crippen molar-refractivity contribution in [3.63, 3.8) is 0 Å². The minimum atomic E-state index is -2.32. The fourth-order valence-corrected chi connectivity index (χ4v) is 1.86. The smallest absolute Gasteiger partial charge is 0.391 e. The van der Waals surface area contributed by atoms with E-state index in [2.05, 4.69) is 13.0 Å². The predicted molar refractivity (Wildman–Crippen MR) is 61.8 cm³/mol. The second-order valence-corrected chi connectivity index (χ2v) is 4.18. The zero-order valence-electron chi connectivity index (χ0n) is 9.10. The van der Waals surface area contributed by atoms with Gasteiger partial charge in [0.05, 0.1) is 0 Å². The summed E-state index contributed by atoms with van der Waals surface area (Å²) in [6, 6.07) is 5.69. The molecule has 0 aliphatic heterocycles. The van der Waals surface area contributed by atoms with E-state index in [9.17, 15) is 0 Å². The van der Waals surface area contributed by atoms with Crippen LogP contribution < -0.4 is 4.52 Å². The molecule has 0 unspecified atom stereocenters. The number of benzene rings is 1. The maximum atomic E-state index is 8.80. The van der Waals surface area contributed by atoms with Crippen molar-refractivity contribution < 1.29 is 14.3 Å². The molecule has 4 heteroatoms. The topological polar surface area (TPSA) is 49.7 Å². The third-order valence-corrected chi connectivity index (χ3v) is 2.74. The molecule has 0 atom stereocenters. The molecule has 0 radical (unpaired) electrons. The fourth-order valence-electron chi connectivity index (χ4n) is 1.48. The molecule has 15 heavy (non-hydrogen) atoms. The Balaban J connectivity index is 2.80. The fraction of sp³-hybridized carbons (Fsp3) is 0.455. The molecular formula is C11H17O3P. The van der Waals surface area contributed by atoms with Gasteiger partial charge in [0.25, 0.3) is 0 Å². The van der Waals surface area contributed by atoms with E-state index in [4.69, 9.17) is 14.3 Å². The predicted octanol–water partition coefficient (Wildman–Crippen LogP) is 2.93. The van der Waals surface area contributed by atoms with Crippen LogP contribution in [0.1, 0.15) is 30.9 Å². The Morgan fingerprint density at radius 3 is 2.67 bits per heavy atom. The standard InChI is InChI=1S/C11H17O3P/c1-3-4-6-10-7-5-8-11(9(10)2)14-15(12)13/h5,7-8,12-13H,3-4,6H2,1-2H3. The van der Waals surface area contributed by atoms with Gasteiger partial charge in [0.2, 0.25) is 0 Å². The molecule has 1 rings (SSSR count). The van der Waals surface area contributed by atoms with Crippen LogP contribution in [0.15, 0.2) is 18.2 Å². The Hall–Kier alpha value is -0.630. The van der Waals surface area contributed by atoms with Crippen molar-refractivity contribution >= 4 is 8.60 Å². The summed E-state index contributed by atoms with van der Waals surface area (Å²) in [5.41, 5.74) is 2.22. The lowest BCUT2D eigenvalue weighted by Gasteiger charge is -2.12. The van der Waals surface area contributed by atoms with Crippen molar-refractivity contribution in [3.8, 4) is 5.75 Å². The van der Waals surface area contributed by atoms with E-state index in [-0.39, 0.29) is 0 Å². The monoisotopic (exact) mass is 228 g/mol. The van der Waals surface area contributed by atoms with E-state index in [1.165, 1.54) is 5.56 Å². The lowest BCUT2D eigenvalue weighted by Crippen LogP contribution is -1.94. The minimum Gasteiger partial charge on any atom is -0.427 e. The summed E-state index contributed by atoms with van der Waals surface area (Å²) in [5, 5.41) is 0. The quantitative estimate of drug-likeness (QED) is 0.762. The van der Waals surface area contributed by atoms with E-state index in [0.717, 1.165) is 24.8 Å². The molecule has 1 aromatic rings. The van der Waals surface area contributed by atoms with Crippen LogP contribution in [0.2, 0.25) is 0 Å². The van der Waals surface area contributed by atoms with Crippen molar-refractivity contribution in [2.45, 2.75) is 33.1 Å². The lowest BCUT2D eigenvalue weighted by molar-refractivity contribution is 0.374. The molecular weight excluding hydrogens is 211 g/mol. The molecule has 1 aromatic carbocycles. The van der Waals surface area contributed by atoms with Crippen molar-refractivity contribution in [2.24, 2.45) is 0 Å². The zero-order chi connectivity index (χ0) is 11.3. The van der Waals surface area contributed by atoms with Crippen molar-refractivity contribution in [2.75, 3.05) is 0 Å². The third-order valence-electron chi connectivity index (χ3n) is 2.38. The maximum absolute atomic E-state index is 8.80. The van der Waals surface area contributed by atoms with Gasteiger partial charge in [0, 0.05) is 0 Å². The number of hydrogen-bond donors (Lipinski definition) is 2. The largest absolute Gasteiger partial charge is 0.427 e. The first-order valence-electron chi connectivity index (χ1n) is 5.09. The second-order valence-electron chi connectivity index (χ2n) is 3.49. The van der Waals surface area contributed by atoms with Gasteiger partial charge in [0.15, 0.2) is 0 Å². The number of aryl methyl sites for hydroxylation is 1. The molecule has 0 heterocycles. The van der Waals surface area contributed by atoms with Crippen molar-refractivity contribution in [3.05, 3.63) is 29.3 Å². The van der Waals surface area contributed by atoms with Gasteiger partial charge in [-0.1, -0.05) is 25.5 Å². The molecule has 0 aliphatic carbocycles. The molecule has 0 saturated carbocycles. The van der Waals surface area contributed by atoms with Crippen LogP contribution in [0.25, 0.3) is 0 Å².